The van der Waals surface area contributed by atoms with Gasteiger partial charge in [0.1, 0.15) is 0 Å². The van der Waals surface area contributed by atoms with Gasteiger partial charge in [-0.2, -0.15) is 0 Å². The summed E-state index contributed by atoms with van der Waals surface area (Å²) in [4.78, 5) is 36.3. The van der Waals surface area contributed by atoms with E-state index >= 15 is 0 Å². The Morgan fingerprint density at radius 3 is 2.91 bits per heavy atom. The highest BCUT2D eigenvalue weighted by molar-refractivity contribution is 7.13. The van der Waals surface area contributed by atoms with Crippen molar-refractivity contribution < 1.29 is 9.90 Å². The largest absolute Gasteiger partial charge is 0.501 e. The highest BCUT2D eigenvalue weighted by Gasteiger charge is 2.18. The summed E-state index contributed by atoms with van der Waals surface area (Å²) in [5, 5.41) is 11.7. The van der Waals surface area contributed by atoms with E-state index in [4.69, 9.17) is 0 Å². The monoisotopic (exact) mass is 333 g/mol. The van der Waals surface area contributed by atoms with Crippen LogP contribution < -0.4 is 5.56 Å². The summed E-state index contributed by atoms with van der Waals surface area (Å²) in [6, 6.07) is 3.60. The van der Waals surface area contributed by atoms with Gasteiger partial charge in [-0.25, -0.2) is 4.98 Å². The molecule has 0 unspecified atom stereocenters. The second kappa shape index (κ2) is 6.20. The Balaban J connectivity index is 1.89. The van der Waals surface area contributed by atoms with Gasteiger partial charge in [-0.3, -0.25) is 14.6 Å². The van der Waals surface area contributed by atoms with Gasteiger partial charge in [0.15, 0.2) is 17.3 Å². The van der Waals surface area contributed by atoms with E-state index in [0.29, 0.717) is 12.2 Å². The third-order valence-electron chi connectivity index (χ3n) is 3.00. The lowest BCUT2D eigenvalue weighted by Gasteiger charge is -2.04. The van der Waals surface area contributed by atoms with E-state index in [9.17, 15) is 14.7 Å². The Bertz CT molecular complexity index is 839. The van der Waals surface area contributed by atoms with Crippen LogP contribution in [0.4, 0.5) is 0 Å². The first-order chi connectivity index (χ1) is 10.6. The number of rotatable bonds is 5. The fourth-order valence-electron chi connectivity index (χ4n) is 1.91. The zero-order valence-corrected chi connectivity index (χ0v) is 12.9. The number of hydrogen-bond acceptors (Lipinski definition) is 7. The highest BCUT2D eigenvalue weighted by atomic mass is 32.1. The number of aryl methyl sites for hydroxylation is 1. The Morgan fingerprint density at radius 1 is 1.36 bits per heavy atom. The third-order valence-corrected chi connectivity index (χ3v) is 4.71. The number of thiophene rings is 1. The van der Waals surface area contributed by atoms with Crippen LogP contribution in [0.3, 0.4) is 0 Å². The molecule has 112 valence electrons. The summed E-state index contributed by atoms with van der Waals surface area (Å²) >= 11 is 2.85. The molecule has 0 aliphatic rings. The highest BCUT2D eigenvalue weighted by Crippen LogP contribution is 2.22. The van der Waals surface area contributed by atoms with Crippen molar-refractivity contribution in [3.63, 3.8) is 0 Å². The average molecular weight is 333 g/mol. The summed E-state index contributed by atoms with van der Waals surface area (Å²) in [6.45, 7) is 0. The lowest BCUT2D eigenvalue weighted by Crippen LogP contribution is -2.15. The normalized spacial score (nSPS) is 10.7. The van der Waals surface area contributed by atoms with Gasteiger partial charge in [0.05, 0.1) is 10.4 Å². The molecule has 3 aromatic heterocycles. The molecule has 6 nitrogen and oxygen atoms in total. The first kappa shape index (κ1) is 14.6. The summed E-state index contributed by atoms with van der Waals surface area (Å²) in [7, 11) is 0. The minimum absolute atomic E-state index is 0.163. The van der Waals surface area contributed by atoms with Crippen LogP contribution in [0, 0.1) is 0 Å². The number of carbonyl (C=O) groups excluding carboxylic acids is 1. The van der Waals surface area contributed by atoms with E-state index in [1.54, 1.807) is 17.8 Å². The van der Waals surface area contributed by atoms with Gasteiger partial charge in [-0.1, -0.05) is 6.07 Å². The fraction of sp³-hybridized carbons (Fsp3) is 0.143. The lowest BCUT2D eigenvalue weighted by molar-refractivity contribution is 0.0975. The Hall–Kier alpha value is -2.32. The van der Waals surface area contributed by atoms with E-state index in [1.165, 1.54) is 22.7 Å². The summed E-state index contributed by atoms with van der Waals surface area (Å²) in [5.41, 5.74) is 0.800. The molecular weight excluding hydrogens is 322 g/mol. The van der Waals surface area contributed by atoms with Crippen molar-refractivity contribution in [3.05, 3.63) is 50.1 Å². The van der Waals surface area contributed by atoms with E-state index in [2.05, 4.69) is 15.0 Å². The molecule has 0 spiro atoms. The van der Waals surface area contributed by atoms with E-state index in [-0.39, 0.29) is 17.9 Å². The Morgan fingerprint density at radius 2 is 2.23 bits per heavy atom. The molecule has 0 aliphatic carbocycles. The van der Waals surface area contributed by atoms with Crippen molar-refractivity contribution in [1.82, 2.24) is 15.0 Å². The molecule has 3 heterocycles. The van der Waals surface area contributed by atoms with Gasteiger partial charge in [0.25, 0.3) is 5.56 Å². The average Bonchev–Trinajstić information content (AvgIpc) is 3.20. The topological polar surface area (TPSA) is 95.9 Å². The van der Waals surface area contributed by atoms with Crippen molar-refractivity contribution in [2.45, 2.75) is 12.8 Å². The number of nitrogens with one attached hydrogen (secondary N) is 1. The maximum Gasteiger partial charge on any atom is 0.294 e. The van der Waals surface area contributed by atoms with Crippen LogP contribution in [0.15, 0.2) is 34.0 Å². The molecule has 0 radical (unpaired) electrons. The minimum Gasteiger partial charge on any atom is -0.501 e. The van der Waals surface area contributed by atoms with Crippen LogP contribution in [-0.4, -0.2) is 25.8 Å². The van der Waals surface area contributed by atoms with Crippen LogP contribution in [0.5, 0.6) is 5.75 Å². The van der Waals surface area contributed by atoms with Gasteiger partial charge in [-0.05, 0) is 17.9 Å². The second-order valence-electron chi connectivity index (χ2n) is 4.48. The third kappa shape index (κ3) is 2.97. The van der Waals surface area contributed by atoms with Crippen molar-refractivity contribution in [2.75, 3.05) is 0 Å². The molecule has 0 aromatic carbocycles. The number of H-pyrrole nitrogens is 1. The summed E-state index contributed by atoms with van der Waals surface area (Å²) < 4.78 is 0. The molecule has 0 amide bonds. The van der Waals surface area contributed by atoms with Crippen LogP contribution in [-0.2, 0) is 6.42 Å². The van der Waals surface area contributed by atoms with Crippen LogP contribution in [0.25, 0.3) is 10.7 Å². The van der Waals surface area contributed by atoms with E-state index in [1.807, 2.05) is 11.4 Å². The van der Waals surface area contributed by atoms with Crippen molar-refractivity contribution in [3.8, 4) is 16.5 Å². The maximum atomic E-state index is 12.2. The van der Waals surface area contributed by atoms with Crippen molar-refractivity contribution in [2.24, 2.45) is 0 Å². The van der Waals surface area contributed by atoms with E-state index in [0.717, 1.165) is 9.75 Å². The number of aromatic hydroxyl groups is 1. The van der Waals surface area contributed by atoms with Crippen molar-refractivity contribution >= 4 is 28.5 Å². The van der Waals surface area contributed by atoms with E-state index < -0.39 is 11.3 Å². The Kier molecular flexibility index (Phi) is 4.12. The molecular formula is C14H11N3O3S2. The number of Topliss-reactive ketones (excluding diaryl/α,β-unsaturated/α-hetero) is 1. The molecule has 22 heavy (non-hydrogen) atoms. The number of hydrogen-bond donors (Lipinski definition) is 2. The lowest BCUT2D eigenvalue weighted by atomic mass is 10.1. The number of thiazole rings is 1. The van der Waals surface area contributed by atoms with Crippen LogP contribution in [0.1, 0.15) is 21.8 Å². The van der Waals surface area contributed by atoms with Crippen LogP contribution in [0.2, 0.25) is 0 Å². The maximum absolute atomic E-state index is 12.2. The number of aromatic nitrogens is 3. The van der Waals surface area contributed by atoms with Gasteiger partial charge in [-0.15, -0.1) is 22.7 Å². The zero-order valence-electron chi connectivity index (χ0n) is 11.3. The molecule has 0 saturated carbocycles. The molecule has 0 saturated heterocycles. The molecule has 2 N–H and O–H groups in total. The molecule has 0 aliphatic heterocycles. The smallest absolute Gasteiger partial charge is 0.294 e. The van der Waals surface area contributed by atoms with Gasteiger partial charge in [0.2, 0.25) is 5.75 Å². The number of carbonyl (C=O) groups is 1. The summed E-state index contributed by atoms with van der Waals surface area (Å²) in [5.74, 6) is -0.705. The molecule has 8 heteroatoms. The Labute approximate surface area is 133 Å². The molecule has 3 rings (SSSR count). The number of aromatic amines is 1. The standard InChI is InChI=1S/C14H11N3O3S2/c18-9(4-3-8-6-15-7-22-8)11-12(19)14(20)17-13(16-11)10-2-1-5-21-10/h1-2,5-7,19H,3-4H2,(H,16,17,20). The minimum atomic E-state index is -0.709. The first-order valence-electron chi connectivity index (χ1n) is 6.43. The van der Waals surface area contributed by atoms with Gasteiger partial charge < -0.3 is 10.1 Å². The first-order valence-corrected chi connectivity index (χ1v) is 8.19. The fourth-order valence-corrected chi connectivity index (χ4v) is 3.18. The van der Waals surface area contributed by atoms with Crippen molar-refractivity contribution in [1.29, 1.82) is 0 Å². The quantitative estimate of drug-likeness (QED) is 0.699. The SMILES string of the molecule is O=C(CCc1cncs1)c1nc(-c2cccs2)[nH]c(=O)c1O. The zero-order chi connectivity index (χ0) is 15.5. The number of ketones is 1. The molecule has 0 fully saturated rings. The second-order valence-corrected chi connectivity index (χ2v) is 6.40. The van der Waals surface area contributed by atoms with Crippen LogP contribution >= 0.6 is 22.7 Å². The number of nitrogens with zero attached hydrogens (tertiary/aromatic N) is 2. The predicted octanol–water partition coefficient (Wildman–Crippen LogP) is 2.48. The molecule has 3 aromatic rings. The van der Waals surface area contributed by atoms with Gasteiger partial charge >= 0.3 is 0 Å². The van der Waals surface area contributed by atoms with Gasteiger partial charge in [0, 0.05) is 17.5 Å². The molecule has 0 atom stereocenters. The predicted molar refractivity (Wildman–Crippen MR) is 84.6 cm³/mol. The summed E-state index contributed by atoms with van der Waals surface area (Å²) in [6.07, 6.45) is 2.36. The molecule has 0 bridgehead atoms.